The Kier molecular flexibility index (Phi) is 8.37. The summed E-state index contributed by atoms with van der Waals surface area (Å²) in [5.41, 5.74) is 4.19. The Hall–Kier alpha value is -2.26. The third kappa shape index (κ3) is 7.12. The van der Waals surface area contributed by atoms with Crippen LogP contribution in [0.5, 0.6) is 0 Å². The fourth-order valence-corrected chi connectivity index (χ4v) is 5.49. The Morgan fingerprint density at radius 1 is 0.735 bits per heavy atom. The summed E-state index contributed by atoms with van der Waals surface area (Å²) in [4.78, 5) is 17.3. The van der Waals surface area contributed by atoms with Crippen LogP contribution < -0.4 is 5.32 Å². The SMILES string of the molecule is CS(=O)(=O)N1CCN(Cc2ccc(C(=O)NCc3ccc(CN4CCCCC4)cc3)cc2)CC1. The molecule has 0 unspecified atom stereocenters. The zero-order valence-electron chi connectivity index (χ0n) is 20.1. The van der Waals surface area contributed by atoms with E-state index in [2.05, 4.69) is 39.4 Å². The van der Waals surface area contributed by atoms with E-state index in [-0.39, 0.29) is 5.91 Å². The van der Waals surface area contributed by atoms with Gasteiger partial charge in [0.15, 0.2) is 0 Å². The highest BCUT2D eigenvalue weighted by Gasteiger charge is 2.23. The smallest absolute Gasteiger partial charge is 0.251 e. The van der Waals surface area contributed by atoms with Crippen molar-refractivity contribution in [2.45, 2.75) is 38.9 Å². The molecule has 2 aromatic carbocycles. The molecule has 0 atom stereocenters. The molecule has 0 spiro atoms. The third-order valence-electron chi connectivity index (χ3n) is 6.75. The lowest BCUT2D eigenvalue weighted by Gasteiger charge is -2.33. The number of carbonyl (C=O) groups is 1. The molecule has 0 saturated carbocycles. The van der Waals surface area contributed by atoms with Gasteiger partial charge in [0.25, 0.3) is 5.91 Å². The van der Waals surface area contributed by atoms with E-state index in [1.165, 1.54) is 48.5 Å². The molecule has 4 rings (SSSR count). The minimum absolute atomic E-state index is 0.0780. The lowest BCUT2D eigenvalue weighted by atomic mass is 10.1. The van der Waals surface area contributed by atoms with Gasteiger partial charge in [-0.1, -0.05) is 42.8 Å². The molecule has 8 heteroatoms. The summed E-state index contributed by atoms with van der Waals surface area (Å²) in [5.74, 6) is -0.0780. The van der Waals surface area contributed by atoms with E-state index >= 15 is 0 Å². The minimum atomic E-state index is -3.11. The van der Waals surface area contributed by atoms with Crippen molar-refractivity contribution in [3.63, 3.8) is 0 Å². The minimum Gasteiger partial charge on any atom is -0.348 e. The summed E-state index contributed by atoms with van der Waals surface area (Å²) < 4.78 is 24.8. The number of piperidine rings is 1. The van der Waals surface area contributed by atoms with Crippen LogP contribution in [0.4, 0.5) is 0 Å². The number of benzene rings is 2. The summed E-state index contributed by atoms with van der Waals surface area (Å²) in [5, 5.41) is 3.01. The number of hydrogen-bond acceptors (Lipinski definition) is 5. The largest absolute Gasteiger partial charge is 0.348 e. The Morgan fingerprint density at radius 2 is 1.24 bits per heavy atom. The van der Waals surface area contributed by atoms with E-state index in [4.69, 9.17) is 0 Å². The first-order chi connectivity index (χ1) is 16.4. The highest BCUT2D eigenvalue weighted by molar-refractivity contribution is 7.88. The number of rotatable bonds is 8. The third-order valence-corrected chi connectivity index (χ3v) is 8.06. The zero-order valence-corrected chi connectivity index (χ0v) is 20.9. The molecule has 2 aliphatic rings. The van der Waals surface area contributed by atoms with Crippen LogP contribution >= 0.6 is 0 Å². The highest BCUT2D eigenvalue weighted by atomic mass is 32.2. The van der Waals surface area contributed by atoms with Gasteiger partial charge in [0, 0.05) is 51.4 Å². The van der Waals surface area contributed by atoms with Crippen molar-refractivity contribution < 1.29 is 13.2 Å². The first-order valence-electron chi connectivity index (χ1n) is 12.2. The molecule has 2 aromatic rings. The first-order valence-corrected chi connectivity index (χ1v) is 14.1. The molecule has 34 heavy (non-hydrogen) atoms. The van der Waals surface area contributed by atoms with Crippen molar-refractivity contribution in [2.75, 3.05) is 45.5 Å². The summed E-state index contributed by atoms with van der Waals surface area (Å²) in [6.45, 7) is 7.13. The second kappa shape index (κ2) is 11.4. The van der Waals surface area contributed by atoms with E-state index in [9.17, 15) is 13.2 Å². The van der Waals surface area contributed by atoms with Crippen LogP contribution in [-0.4, -0.2) is 74.0 Å². The van der Waals surface area contributed by atoms with Crippen LogP contribution in [0.15, 0.2) is 48.5 Å². The molecular weight excluding hydrogens is 448 g/mol. The van der Waals surface area contributed by atoms with Crippen LogP contribution in [0.3, 0.4) is 0 Å². The normalized spacial score (nSPS) is 18.6. The standard InChI is InChI=1S/C26H36N4O3S/c1-34(32,33)30-17-15-29(16-18-30)21-24-9-11-25(12-10-24)26(31)27-19-22-5-7-23(8-6-22)20-28-13-3-2-4-14-28/h5-12H,2-4,13-21H2,1H3,(H,27,31). The van der Waals surface area contributed by atoms with Crippen molar-refractivity contribution in [3.8, 4) is 0 Å². The topological polar surface area (TPSA) is 73.0 Å². The summed E-state index contributed by atoms with van der Waals surface area (Å²) in [7, 11) is -3.11. The van der Waals surface area contributed by atoms with Crippen LogP contribution in [0.25, 0.3) is 0 Å². The van der Waals surface area contributed by atoms with Gasteiger partial charge in [0.05, 0.1) is 6.26 Å². The van der Waals surface area contributed by atoms with Crippen molar-refractivity contribution in [1.29, 1.82) is 0 Å². The van der Waals surface area contributed by atoms with Gasteiger partial charge in [0.1, 0.15) is 0 Å². The van der Waals surface area contributed by atoms with Crippen molar-refractivity contribution in [2.24, 2.45) is 0 Å². The number of sulfonamides is 1. The second-order valence-electron chi connectivity index (χ2n) is 9.47. The van der Waals surface area contributed by atoms with Gasteiger partial charge in [0.2, 0.25) is 10.0 Å². The summed E-state index contributed by atoms with van der Waals surface area (Å²) >= 11 is 0. The van der Waals surface area contributed by atoms with E-state index in [1.54, 1.807) is 0 Å². The number of carbonyl (C=O) groups excluding carboxylic acids is 1. The number of hydrogen-bond donors (Lipinski definition) is 1. The lowest BCUT2D eigenvalue weighted by Crippen LogP contribution is -2.47. The average Bonchev–Trinajstić information content (AvgIpc) is 2.84. The molecule has 1 amide bonds. The van der Waals surface area contributed by atoms with Crippen LogP contribution in [0.2, 0.25) is 0 Å². The maximum Gasteiger partial charge on any atom is 0.251 e. The van der Waals surface area contributed by atoms with Crippen molar-refractivity contribution >= 4 is 15.9 Å². The molecule has 2 saturated heterocycles. The quantitative estimate of drug-likeness (QED) is 0.624. The number of piperazine rings is 1. The molecule has 7 nitrogen and oxygen atoms in total. The van der Waals surface area contributed by atoms with Crippen LogP contribution in [0, 0.1) is 0 Å². The van der Waals surface area contributed by atoms with Crippen LogP contribution in [-0.2, 0) is 29.7 Å². The molecule has 0 aromatic heterocycles. The predicted molar refractivity (Wildman–Crippen MR) is 135 cm³/mol. The van der Waals surface area contributed by atoms with Gasteiger partial charge in [-0.05, 0) is 54.8 Å². The molecule has 1 N–H and O–H groups in total. The molecule has 184 valence electrons. The second-order valence-corrected chi connectivity index (χ2v) is 11.5. The maximum atomic E-state index is 12.6. The van der Waals surface area contributed by atoms with Gasteiger partial charge in [-0.3, -0.25) is 14.6 Å². The molecule has 2 heterocycles. The number of nitrogens with zero attached hydrogens (tertiary/aromatic N) is 3. The molecule has 0 bridgehead atoms. The van der Waals surface area contributed by atoms with Crippen molar-refractivity contribution in [1.82, 2.24) is 19.4 Å². The first kappa shape index (κ1) is 24.9. The maximum absolute atomic E-state index is 12.6. The molecule has 2 fully saturated rings. The fraction of sp³-hybridized carbons (Fsp3) is 0.500. The number of nitrogens with one attached hydrogen (secondary N) is 1. The Balaban J connectivity index is 1.21. The number of amides is 1. The van der Waals surface area contributed by atoms with Gasteiger partial charge in [-0.2, -0.15) is 4.31 Å². The van der Waals surface area contributed by atoms with Gasteiger partial charge in [-0.15, -0.1) is 0 Å². The molecule has 0 aliphatic carbocycles. The summed E-state index contributed by atoms with van der Waals surface area (Å²) in [6.07, 6.45) is 5.21. The summed E-state index contributed by atoms with van der Waals surface area (Å²) in [6, 6.07) is 16.2. The van der Waals surface area contributed by atoms with Crippen LogP contribution in [0.1, 0.15) is 46.3 Å². The van der Waals surface area contributed by atoms with Gasteiger partial charge in [-0.25, -0.2) is 8.42 Å². The Bertz CT molecular complexity index is 1040. The zero-order chi connectivity index (χ0) is 24.0. The highest BCUT2D eigenvalue weighted by Crippen LogP contribution is 2.15. The Morgan fingerprint density at radius 3 is 1.79 bits per heavy atom. The van der Waals surface area contributed by atoms with E-state index in [0.717, 1.165) is 24.2 Å². The lowest BCUT2D eigenvalue weighted by molar-refractivity contribution is 0.0951. The van der Waals surface area contributed by atoms with Gasteiger partial charge >= 0.3 is 0 Å². The van der Waals surface area contributed by atoms with E-state index < -0.39 is 10.0 Å². The van der Waals surface area contributed by atoms with E-state index in [1.807, 2.05) is 24.3 Å². The van der Waals surface area contributed by atoms with E-state index in [0.29, 0.717) is 38.3 Å². The molecular formula is C26H36N4O3S. The Labute approximate surface area is 203 Å². The fourth-order valence-electron chi connectivity index (χ4n) is 4.66. The molecule has 2 aliphatic heterocycles. The molecule has 0 radical (unpaired) electrons. The van der Waals surface area contributed by atoms with Gasteiger partial charge < -0.3 is 5.32 Å². The monoisotopic (exact) mass is 484 g/mol. The van der Waals surface area contributed by atoms with Crippen molar-refractivity contribution in [3.05, 3.63) is 70.8 Å². The number of likely N-dealkylation sites (tertiary alicyclic amines) is 1. The predicted octanol–water partition coefficient (Wildman–Crippen LogP) is 2.68. The average molecular weight is 485 g/mol.